The van der Waals surface area contributed by atoms with Gasteiger partial charge in [0.25, 0.3) is 0 Å². The third-order valence-electron chi connectivity index (χ3n) is 3.46. The van der Waals surface area contributed by atoms with Gasteiger partial charge in [-0.25, -0.2) is 0 Å². The molecule has 0 amide bonds. The topological polar surface area (TPSA) is 12.0 Å². The van der Waals surface area contributed by atoms with Crippen molar-refractivity contribution in [2.45, 2.75) is 53.0 Å². The summed E-state index contributed by atoms with van der Waals surface area (Å²) < 4.78 is 0. The molecule has 0 bridgehead atoms. The summed E-state index contributed by atoms with van der Waals surface area (Å²) in [6.07, 6.45) is 3.66. The predicted molar refractivity (Wildman–Crippen MR) is 76.4 cm³/mol. The van der Waals surface area contributed by atoms with Gasteiger partial charge in [-0.1, -0.05) is 50.1 Å². The molecule has 1 aromatic rings. The number of aryl methyl sites for hydroxylation is 2. The van der Waals surface area contributed by atoms with Crippen LogP contribution >= 0.6 is 0 Å². The molecule has 0 saturated carbocycles. The summed E-state index contributed by atoms with van der Waals surface area (Å²) in [5.41, 5.74) is 2.82. The van der Waals surface area contributed by atoms with Crippen molar-refractivity contribution in [2.24, 2.45) is 5.92 Å². The number of hydrogen-bond acceptors (Lipinski definition) is 1. The van der Waals surface area contributed by atoms with Crippen LogP contribution in [-0.2, 0) is 6.42 Å². The Labute approximate surface area is 107 Å². The van der Waals surface area contributed by atoms with Gasteiger partial charge < -0.3 is 5.32 Å². The van der Waals surface area contributed by atoms with E-state index in [0.29, 0.717) is 6.04 Å². The average Bonchev–Trinajstić information content (AvgIpc) is 2.33. The van der Waals surface area contributed by atoms with Crippen molar-refractivity contribution in [3.63, 3.8) is 0 Å². The van der Waals surface area contributed by atoms with E-state index in [-0.39, 0.29) is 0 Å². The molecule has 0 heterocycles. The van der Waals surface area contributed by atoms with Gasteiger partial charge in [0.05, 0.1) is 0 Å². The fraction of sp³-hybridized carbons (Fsp3) is 0.625. The quantitative estimate of drug-likeness (QED) is 0.752. The van der Waals surface area contributed by atoms with E-state index in [1.807, 2.05) is 0 Å². The highest BCUT2D eigenvalue weighted by molar-refractivity contribution is 5.22. The summed E-state index contributed by atoms with van der Waals surface area (Å²) in [4.78, 5) is 0. The van der Waals surface area contributed by atoms with Crippen LogP contribution in [0.4, 0.5) is 0 Å². The maximum Gasteiger partial charge on any atom is 0.00420 e. The van der Waals surface area contributed by atoms with Crippen molar-refractivity contribution in [1.29, 1.82) is 0 Å². The predicted octanol–water partition coefficient (Wildman–Crippen LogP) is 3.95. The van der Waals surface area contributed by atoms with Crippen LogP contribution in [-0.4, -0.2) is 12.6 Å². The molecule has 1 N–H and O–H groups in total. The molecule has 0 aromatic heterocycles. The maximum atomic E-state index is 3.62. The zero-order valence-electron chi connectivity index (χ0n) is 11.8. The smallest absolute Gasteiger partial charge is 0.00420 e. The number of hydrogen-bond donors (Lipinski definition) is 1. The van der Waals surface area contributed by atoms with Crippen molar-refractivity contribution < 1.29 is 0 Å². The van der Waals surface area contributed by atoms with Crippen LogP contribution in [0.3, 0.4) is 0 Å². The Hall–Kier alpha value is -0.820. The average molecular weight is 233 g/mol. The lowest BCUT2D eigenvalue weighted by Crippen LogP contribution is -2.30. The molecular formula is C16H27N. The Bertz CT molecular complexity index is 319. The van der Waals surface area contributed by atoms with E-state index in [1.165, 1.54) is 30.4 Å². The van der Waals surface area contributed by atoms with E-state index < -0.39 is 0 Å². The van der Waals surface area contributed by atoms with Crippen LogP contribution in [0.2, 0.25) is 0 Å². The van der Waals surface area contributed by atoms with Crippen molar-refractivity contribution in [3.8, 4) is 0 Å². The number of nitrogens with one attached hydrogen (secondary N) is 1. The minimum absolute atomic E-state index is 0.615. The first-order valence-corrected chi connectivity index (χ1v) is 6.90. The van der Waals surface area contributed by atoms with Crippen molar-refractivity contribution in [1.82, 2.24) is 5.32 Å². The van der Waals surface area contributed by atoms with E-state index >= 15 is 0 Å². The molecule has 0 aliphatic rings. The molecule has 2 unspecified atom stereocenters. The van der Waals surface area contributed by atoms with E-state index in [1.54, 1.807) is 0 Å². The number of rotatable bonds is 7. The normalized spacial score (nSPS) is 14.6. The van der Waals surface area contributed by atoms with Gasteiger partial charge in [0.1, 0.15) is 0 Å². The second-order valence-corrected chi connectivity index (χ2v) is 5.35. The highest BCUT2D eigenvalue weighted by Gasteiger charge is 2.04. The fourth-order valence-corrected chi connectivity index (χ4v) is 1.90. The first-order valence-electron chi connectivity index (χ1n) is 6.90. The van der Waals surface area contributed by atoms with Crippen LogP contribution in [0.1, 0.15) is 44.7 Å². The van der Waals surface area contributed by atoms with Gasteiger partial charge in [-0.2, -0.15) is 0 Å². The van der Waals surface area contributed by atoms with Gasteiger partial charge in [0.15, 0.2) is 0 Å². The third-order valence-corrected chi connectivity index (χ3v) is 3.46. The second-order valence-electron chi connectivity index (χ2n) is 5.35. The third kappa shape index (κ3) is 5.88. The van der Waals surface area contributed by atoms with E-state index in [0.717, 1.165) is 12.5 Å². The van der Waals surface area contributed by atoms with E-state index in [4.69, 9.17) is 0 Å². The fourth-order valence-electron chi connectivity index (χ4n) is 1.90. The van der Waals surface area contributed by atoms with Crippen LogP contribution in [0.5, 0.6) is 0 Å². The summed E-state index contributed by atoms with van der Waals surface area (Å²) in [5, 5.41) is 3.62. The first-order chi connectivity index (χ1) is 8.11. The van der Waals surface area contributed by atoms with Gasteiger partial charge in [-0.3, -0.25) is 0 Å². The zero-order chi connectivity index (χ0) is 12.7. The summed E-state index contributed by atoms with van der Waals surface area (Å²) >= 11 is 0. The maximum absolute atomic E-state index is 3.62. The van der Waals surface area contributed by atoms with Crippen LogP contribution < -0.4 is 5.32 Å². The highest BCUT2D eigenvalue weighted by atomic mass is 14.9. The lowest BCUT2D eigenvalue weighted by atomic mass is 10.0. The Morgan fingerprint density at radius 3 is 2.65 bits per heavy atom. The Kier molecular flexibility index (Phi) is 6.28. The molecule has 1 aromatic carbocycles. The van der Waals surface area contributed by atoms with E-state index in [2.05, 4.69) is 57.3 Å². The molecule has 17 heavy (non-hydrogen) atoms. The van der Waals surface area contributed by atoms with Crippen LogP contribution in [0.25, 0.3) is 0 Å². The second kappa shape index (κ2) is 7.50. The summed E-state index contributed by atoms with van der Waals surface area (Å²) in [6, 6.07) is 9.45. The molecule has 0 radical (unpaired) electrons. The molecule has 0 fully saturated rings. The van der Waals surface area contributed by atoms with Gasteiger partial charge in [0.2, 0.25) is 0 Å². The molecular weight excluding hydrogens is 206 g/mol. The number of benzene rings is 1. The standard InChI is InChI=1S/C16H27N/c1-5-13(2)12-17-15(4)9-10-16-8-6-7-14(3)11-16/h6-8,11,13,15,17H,5,9-10,12H2,1-4H3. The van der Waals surface area contributed by atoms with Crippen molar-refractivity contribution in [3.05, 3.63) is 35.4 Å². The molecule has 1 heteroatoms. The largest absolute Gasteiger partial charge is 0.314 e. The molecule has 0 saturated heterocycles. The lowest BCUT2D eigenvalue weighted by molar-refractivity contribution is 0.438. The lowest BCUT2D eigenvalue weighted by Gasteiger charge is -2.16. The Morgan fingerprint density at radius 1 is 1.24 bits per heavy atom. The van der Waals surface area contributed by atoms with E-state index in [9.17, 15) is 0 Å². The Morgan fingerprint density at radius 2 is 2.00 bits per heavy atom. The monoisotopic (exact) mass is 233 g/mol. The highest BCUT2D eigenvalue weighted by Crippen LogP contribution is 2.08. The summed E-state index contributed by atoms with van der Waals surface area (Å²) in [6.45, 7) is 10.2. The van der Waals surface area contributed by atoms with Crippen molar-refractivity contribution in [2.75, 3.05) is 6.54 Å². The minimum atomic E-state index is 0.615. The molecule has 1 rings (SSSR count). The summed E-state index contributed by atoms with van der Waals surface area (Å²) in [5.74, 6) is 0.788. The summed E-state index contributed by atoms with van der Waals surface area (Å²) in [7, 11) is 0. The Balaban J connectivity index is 2.26. The molecule has 0 aliphatic heterocycles. The van der Waals surface area contributed by atoms with Gasteiger partial charge in [-0.05, 0) is 44.7 Å². The van der Waals surface area contributed by atoms with Crippen LogP contribution in [0, 0.1) is 12.8 Å². The van der Waals surface area contributed by atoms with Gasteiger partial charge in [0, 0.05) is 6.04 Å². The molecule has 2 atom stereocenters. The molecule has 0 aliphatic carbocycles. The SMILES string of the molecule is CCC(C)CNC(C)CCc1cccc(C)c1. The first kappa shape index (κ1) is 14.2. The molecule has 1 nitrogen and oxygen atoms in total. The van der Waals surface area contributed by atoms with Gasteiger partial charge >= 0.3 is 0 Å². The molecule has 0 spiro atoms. The van der Waals surface area contributed by atoms with Gasteiger partial charge in [-0.15, -0.1) is 0 Å². The molecule has 96 valence electrons. The zero-order valence-corrected chi connectivity index (χ0v) is 11.8. The van der Waals surface area contributed by atoms with Crippen molar-refractivity contribution >= 4 is 0 Å². The van der Waals surface area contributed by atoms with Crippen LogP contribution in [0.15, 0.2) is 24.3 Å². The minimum Gasteiger partial charge on any atom is -0.314 e.